The number of carbonyl (C=O) groups is 3. The van der Waals surface area contributed by atoms with Crippen molar-refractivity contribution in [1.82, 2.24) is 0 Å². The van der Waals surface area contributed by atoms with Crippen molar-refractivity contribution in [2.45, 2.75) is 108 Å². The Bertz CT molecular complexity index is 928. The Labute approximate surface area is 238 Å². The second kappa shape index (κ2) is 18.7. The van der Waals surface area contributed by atoms with Gasteiger partial charge >= 0.3 is 17.9 Å². The normalized spacial score (nSPS) is 21.7. The van der Waals surface area contributed by atoms with Gasteiger partial charge in [-0.2, -0.15) is 0 Å². The van der Waals surface area contributed by atoms with Crippen molar-refractivity contribution in [1.29, 1.82) is 0 Å². The molecule has 216 valence electrons. The van der Waals surface area contributed by atoms with E-state index < -0.39 is 6.10 Å². The number of esters is 3. The highest BCUT2D eigenvalue weighted by molar-refractivity contribution is 8.00. The molecule has 1 aliphatic carbocycles. The Kier molecular flexibility index (Phi) is 15.7. The highest BCUT2D eigenvalue weighted by atomic mass is 32.2. The summed E-state index contributed by atoms with van der Waals surface area (Å²) in [5.74, 6) is -1.08. The maximum absolute atomic E-state index is 12.1. The molecule has 0 N–H and O–H groups in total. The van der Waals surface area contributed by atoms with Gasteiger partial charge in [-0.15, -0.1) is 11.8 Å². The van der Waals surface area contributed by atoms with Gasteiger partial charge in [-0.25, -0.2) is 0 Å². The minimum atomic E-state index is -0.394. The fourth-order valence-corrected chi connectivity index (χ4v) is 6.59. The first kappa shape index (κ1) is 32.7. The predicted octanol–water partition coefficient (Wildman–Crippen LogP) is 7.46. The van der Waals surface area contributed by atoms with Gasteiger partial charge in [-0.05, 0) is 51.2 Å². The minimum absolute atomic E-state index is 0.0154. The summed E-state index contributed by atoms with van der Waals surface area (Å²) in [6.07, 6.45) is 15.7. The lowest BCUT2D eigenvalue weighted by Gasteiger charge is -2.31. The molecule has 1 aromatic rings. The van der Waals surface area contributed by atoms with Crippen molar-refractivity contribution in [3.05, 3.63) is 54.6 Å². The Morgan fingerprint density at radius 3 is 2.33 bits per heavy atom. The van der Waals surface area contributed by atoms with Crippen molar-refractivity contribution < 1.29 is 28.6 Å². The molecule has 0 saturated heterocycles. The van der Waals surface area contributed by atoms with Crippen molar-refractivity contribution >= 4 is 29.7 Å². The second-order valence-electron chi connectivity index (χ2n) is 10.00. The minimum Gasteiger partial charge on any atom is -0.466 e. The van der Waals surface area contributed by atoms with E-state index in [2.05, 4.69) is 43.4 Å². The molecule has 0 bridgehead atoms. The van der Waals surface area contributed by atoms with E-state index in [-0.39, 0.29) is 41.1 Å². The molecule has 0 unspecified atom stereocenters. The summed E-state index contributed by atoms with van der Waals surface area (Å²) in [6, 6.07) is 10.2. The van der Waals surface area contributed by atoms with Crippen LogP contribution in [0.15, 0.2) is 59.5 Å². The average Bonchev–Trinajstić information content (AvgIpc) is 3.20. The maximum Gasteiger partial charge on any atom is 0.305 e. The maximum atomic E-state index is 12.1. The number of hydrogen-bond acceptors (Lipinski definition) is 7. The van der Waals surface area contributed by atoms with E-state index in [0.717, 1.165) is 17.7 Å². The molecule has 1 aliphatic rings. The molecular weight excluding hydrogens is 512 g/mol. The molecule has 7 heteroatoms. The molecule has 0 radical (unpaired) electrons. The number of thioether (sulfide) groups is 1. The van der Waals surface area contributed by atoms with E-state index in [9.17, 15) is 14.4 Å². The molecule has 0 amide bonds. The average molecular weight is 559 g/mol. The van der Waals surface area contributed by atoms with E-state index >= 15 is 0 Å². The van der Waals surface area contributed by atoms with Gasteiger partial charge in [0.15, 0.2) is 0 Å². The van der Waals surface area contributed by atoms with Gasteiger partial charge in [0.05, 0.1) is 6.61 Å². The number of allylic oxidation sites excluding steroid dienone is 3. The molecule has 2 rings (SSSR count). The van der Waals surface area contributed by atoms with Crippen molar-refractivity contribution in [2.75, 3.05) is 6.61 Å². The second-order valence-corrected chi connectivity index (χ2v) is 11.2. The fourth-order valence-electron chi connectivity index (χ4n) is 5.24. The van der Waals surface area contributed by atoms with Crippen LogP contribution < -0.4 is 0 Å². The number of hydrogen-bond donors (Lipinski definition) is 0. The van der Waals surface area contributed by atoms with Crippen LogP contribution >= 0.6 is 11.8 Å². The first-order valence-electron chi connectivity index (χ1n) is 14.4. The van der Waals surface area contributed by atoms with Crippen LogP contribution in [0.1, 0.15) is 85.5 Å². The third-order valence-corrected chi connectivity index (χ3v) is 8.15. The van der Waals surface area contributed by atoms with E-state index in [4.69, 9.17) is 14.2 Å². The van der Waals surface area contributed by atoms with E-state index in [0.29, 0.717) is 32.3 Å². The first-order valence-corrected chi connectivity index (χ1v) is 15.3. The summed E-state index contributed by atoms with van der Waals surface area (Å²) in [7, 11) is 0. The molecule has 1 saturated carbocycles. The number of rotatable bonds is 17. The quantitative estimate of drug-likeness (QED) is 0.0645. The summed E-state index contributed by atoms with van der Waals surface area (Å²) in [4.78, 5) is 37.3. The van der Waals surface area contributed by atoms with Crippen molar-refractivity contribution in [2.24, 2.45) is 11.8 Å². The zero-order valence-corrected chi connectivity index (χ0v) is 24.8. The summed E-state index contributed by atoms with van der Waals surface area (Å²) < 4.78 is 16.7. The summed E-state index contributed by atoms with van der Waals surface area (Å²) >= 11 is 1.73. The van der Waals surface area contributed by atoms with Gasteiger partial charge in [-0.3, -0.25) is 14.4 Å². The number of unbranched alkanes of at least 4 members (excludes halogenated alkanes) is 3. The third-order valence-electron chi connectivity index (χ3n) is 6.86. The van der Waals surface area contributed by atoms with Gasteiger partial charge < -0.3 is 14.2 Å². The smallest absolute Gasteiger partial charge is 0.305 e. The monoisotopic (exact) mass is 558 g/mol. The Morgan fingerprint density at radius 2 is 1.67 bits per heavy atom. The number of ether oxygens (including phenoxy) is 3. The topological polar surface area (TPSA) is 78.9 Å². The largest absolute Gasteiger partial charge is 0.466 e. The van der Waals surface area contributed by atoms with Crippen LogP contribution in [0.25, 0.3) is 0 Å². The Morgan fingerprint density at radius 1 is 0.949 bits per heavy atom. The predicted molar refractivity (Wildman–Crippen MR) is 156 cm³/mol. The zero-order chi connectivity index (χ0) is 28.5. The Balaban J connectivity index is 2.32. The molecule has 0 spiro atoms. The lowest BCUT2D eigenvalue weighted by atomic mass is 9.86. The summed E-state index contributed by atoms with van der Waals surface area (Å²) in [5.41, 5.74) is 0. The molecule has 0 heterocycles. The highest BCUT2D eigenvalue weighted by Gasteiger charge is 2.49. The molecule has 1 aromatic carbocycles. The number of benzene rings is 1. The van der Waals surface area contributed by atoms with Crippen LogP contribution in [0.4, 0.5) is 0 Å². The van der Waals surface area contributed by atoms with Crippen LogP contribution in [0.5, 0.6) is 0 Å². The van der Waals surface area contributed by atoms with Crippen LogP contribution in [0.3, 0.4) is 0 Å². The Hall–Kier alpha value is -2.54. The molecule has 0 aromatic heterocycles. The van der Waals surface area contributed by atoms with Crippen LogP contribution in [-0.4, -0.2) is 42.0 Å². The molecule has 6 nitrogen and oxygen atoms in total. The van der Waals surface area contributed by atoms with Gasteiger partial charge in [0.2, 0.25) is 0 Å². The lowest BCUT2D eigenvalue weighted by Crippen LogP contribution is -2.33. The zero-order valence-electron chi connectivity index (χ0n) is 24.0. The first-order chi connectivity index (χ1) is 18.8. The summed E-state index contributed by atoms with van der Waals surface area (Å²) in [5, 5.41) is -0.0154. The van der Waals surface area contributed by atoms with Gasteiger partial charge in [-0.1, -0.05) is 62.3 Å². The van der Waals surface area contributed by atoms with Crippen LogP contribution in [0, 0.1) is 11.8 Å². The van der Waals surface area contributed by atoms with E-state index in [1.807, 2.05) is 18.2 Å². The highest BCUT2D eigenvalue weighted by Crippen LogP contribution is 2.46. The van der Waals surface area contributed by atoms with E-state index in [1.165, 1.54) is 33.1 Å². The van der Waals surface area contributed by atoms with Crippen LogP contribution in [0.2, 0.25) is 0 Å². The molecule has 39 heavy (non-hydrogen) atoms. The summed E-state index contributed by atoms with van der Waals surface area (Å²) in [6.45, 7) is 7.18. The molecular formula is C32H46O6S. The van der Waals surface area contributed by atoms with Crippen LogP contribution in [-0.2, 0) is 28.6 Å². The third kappa shape index (κ3) is 12.5. The van der Waals surface area contributed by atoms with Crippen molar-refractivity contribution in [3.8, 4) is 0 Å². The molecule has 5 atom stereocenters. The molecule has 0 aliphatic heterocycles. The SMILES string of the molecule is CCCCC/C=C\C/C=C\[C@H](Sc1ccccc1)[C@@H]1[C@H](CCCC(=O)OCC)[C@@H](OC(C)=O)C[C@H]1OC(C)=O. The molecule has 1 fully saturated rings. The van der Waals surface area contributed by atoms with Crippen molar-refractivity contribution in [3.63, 3.8) is 0 Å². The fraction of sp³-hybridized carbons (Fsp3) is 0.594. The lowest BCUT2D eigenvalue weighted by molar-refractivity contribution is -0.150. The number of carbonyl (C=O) groups excluding carboxylic acids is 3. The van der Waals surface area contributed by atoms with Gasteiger partial charge in [0, 0.05) is 48.7 Å². The van der Waals surface area contributed by atoms with Gasteiger partial charge in [0.1, 0.15) is 12.2 Å². The standard InChI is InChI=1S/C32H46O6S/c1-5-7-8-9-10-11-12-16-21-30(39-26-18-14-13-15-19-26)32-27(20-17-22-31(35)36-6-2)28(37-24(3)33)23-29(32)38-25(4)34/h10-11,13-16,18-19,21,27-30,32H,5-9,12,17,20,22-23H2,1-4H3/b11-10-,21-16-/t27-,28+,29-,30+,32-/m1/s1. The van der Waals surface area contributed by atoms with Gasteiger partial charge in [0.25, 0.3) is 0 Å². The van der Waals surface area contributed by atoms with E-state index in [1.54, 1.807) is 18.7 Å².